The Morgan fingerprint density at radius 1 is 1.00 bits per heavy atom. The van der Waals surface area contributed by atoms with Crippen molar-refractivity contribution >= 4 is 51.0 Å². The second-order valence-electron chi connectivity index (χ2n) is 8.74. The average molecular weight is 570 g/mol. The van der Waals surface area contributed by atoms with Gasteiger partial charge < -0.3 is 4.57 Å². The number of carbonyl (C=O) groups is 1. The summed E-state index contributed by atoms with van der Waals surface area (Å²) in [5, 5.41) is 5.05. The first-order valence-corrected chi connectivity index (χ1v) is 14.2. The standard InChI is InChI=1S/C28H26Cl2N4O3S/c1-19-16-23(20(2)34(19)26-11-7-10-25(29)27(26)30)17-31-32-28(35)22-14-12-21(13-15-22)18-33(38(3,36)37)24-8-5-4-6-9-24/h4-17H,18H2,1-3H3,(H,32,35)/b31-17-. The molecule has 0 atom stereocenters. The molecule has 0 radical (unpaired) electrons. The summed E-state index contributed by atoms with van der Waals surface area (Å²) in [5.74, 6) is -0.387. The minimum Gasteiger partial charge on any atom is -0.316 e. The molecule has 0 fully saturated rings. The lowest BCUT2D eigenvalue weighted by Gasteiger charge is -2.22. The number of amides is 1. The third kappa shape index (κ3) is 6.10. The number of halogens is 2. The van der Waals surface area contributed by atoms with Gasteiger partial charge in [-0.2, -0.15) is 5.10 Å². The van der Waals surface area contributed by atoms with Crippen molar-refractivity contribution in [2.45, 2.75) is 20.4 Å². The van der Waals surface area contributed by atoms with E-state index in [1.165, 1.54) is 10.6 Å². The molecule has 1 amide bonds. The van der Waals surface area contributed by atoms with E-state index in [0.717, 1.165) is 28.2 Å². The molecule has 0 aliphatic heterocycles. The first-order valence-electron chi connectivity index (χ1n) is 11.6. The van der Waals surface area contributed by atoms with Gasteiger partial charge in [-0.25, -0.2) is 13.8 Å². The second-order valence-corrected chi connectivity index (χ2v) is 11.4. The molecule has 3 aromatic carbocycles. The highest BCUT2D eigenvalue weighted by atomic mass is 35.5. The first kappa shape index (κ1) is 27.4. The van der Waals surface area contributed by atoms with Crippen LogP contribution in [0.1, 0.15) is 32.9 Å². The molecular formula is C28H26Cl2N4O3S. The molecule has 0 spiro atoms. The molecule has 1 N–H and O–H groups in total. The highest BCUT2D eigenvalue weighted by Crippen LogP contribution is 2.31. The summed E-state index contributed by atoms with van der Waals surface area (Å²) in [5.41, 5.74) is 7.66. The Bertz CT molecular complexity index is 1600. The fraction of sp³-hybridized carbons (Fsp3) is 0.143. The van der Waals surface area contributed by atoms with Gasteiger partial charge in [0.25, 0.3) is 5.91 Å². The van der Waals surface area contributed by atoms with Crippen LogP contribution >= 0.6 is 23.2 Å². The van der Waals surface area contributed by atoms with Gasteiger partial charge >= 0.3 is 0 Å². The summed E-state index contributed by atoms with van der Waals surface area (Å²) in [6.45, 7) is 4.03. The number of hydrazone groups is 1. The number of hydrogen-bond donors (Lipinski definition) is 1. The Labute approximate surface area is 232 Å². The van der Waals surface area contributed by atoms with Crippen molar-refractivity contribution < 1.29 is 13.2 Å². The van der Waals surface area contributed by atoms with E-state index in [0.29, 0.717) is 21.3 Å². The lowest BCUT2D eigenvalue weighted by atomic mass is 10.1. The van der Waals surface area contributed by atoms with Gasteiger partial charge in [-0.05, 0) is 61.9 Å². The molecule has 0 saturated carbocycles. The Balaban J connectivity index is 1.45. The van der Waals surface area contributed by atoms with Gasteiger partial charge in [0, 0.05) is 22.5 Å². The molecule has 4 aromatic rings. The van der Waals surface area contributed by atoms with Crippen LogP contribution in [0.3, 0.4) is 0 Å². The van der Waals surface area contributed by atoms with E-state index in [1.54, 1.807) is 60.8 Å². The van der Waals surface area contributed by atoms with Crippen molar-refractivity contribution in [3.8, 4) is 5.69 Å². The zero-order valence-electron chi connectivity index (χ0n) is 21.0. The fourth-order valence-electron chi connectivity index (χ4n) is 4.10. The van der Waals surface area contributed by atoms with Crippen LogP contribution in [-0.2, 0) is 16.6 Å². The molecule has 1 heterocycles. The third-order valence-electron chi connectivity index (χ3n) is 6.00. The van der Waals surface area contributed by atoms with Crippen molar-refractivity contribution in [2.24, 2.45) is 5.10 Å². The van der Waals surface area contributed by atoms with Gasteiger partial charge in [-0.1, -0.05) is 59.6 Å². The lowest BCUT2D eigenvalue weighted by Crippen LogP contribution is -2.29. The summed E-state index contributed by atoms with van der Waals surface area (Å²) in [6, 6.07) is 23.0. The number of para-hydroxylation sites is 1. The molecule has 10 heteroatoms. The minimum atomic E-state index is -3.49. The summed E-state index contributed by atoms with van der Waals surface area (Å²) >= 11 is 12.6. The SMILES string of the molecule is Cc1cc(/C=N\NC(=O)c2ccc(CN(c3ccccc3)S(C)(=O)=O)cc2)c(C)n1-c1cccc(Cl)c1Cl. The predicted molar refractivity (Wildman–Crippen MR) is 154 cm³/mol. The predicted octanol–water partition coefficient (Wildman–Crippen LogP) is 6.13. The number of aryl methyl sites for hydroxylation is 1. The maximum atomic E-state index is 12.6. The maximum absolute atomic E-state index is 12.6. The van der Waals surface area contributed by atoms with Crippen LogP contribution in [0, 0.1) is 13.8 Å². The number of carbonyl (C=O) groups excluding carboxylic acids is 1. The Hall–Kier alpha value is -3.59. The van der Waals surface area contributed by atoms with E-state index in [-0.39, 0.29) is 12.5 Å². The quantitative estimate of drug-likeness (QED) is 0.205. The van der Waals surface area contributed by atoms with Crippen molar-refractivity contribution in [3.05, 3.63) is 117 Å². The summed E-state index contributed by atoms with van der Waals surface area (Å²) in [4.78, 5) is 12.6. The van der Waals surface area contributed by atoms with E-state index in [1.807, 2.05) is 42.7 Å². The van der Waals surface area contributed by atoms with Crippen molar-refractivity contribution in [1.82, 2.24) is 9.99 Å². The van der Waals surface area contributed by atoms with Crippen LogP contribution in [0.4, 0.5) is 5.69 Å². The van der Waals surface area contributed by atoms with E-state index in [2.05, 4.69) is 10.5 Å². The van der Waals surface area contributed by atoms with E-state index < -0.39 is 10.0 Å². The van der Waals surface area contributed by atoms with Gasteiger partial charge in [0.05, 0.1) is 40.4 Å². The van der Waals surface area contributed by atoms with E-state index in [9.17, 15) is 13.2 Å². The van der Waals surface area contributed by atoms with Gasteiger partial charge in [0.2, 0.25) is 10.0 Å². The number of sulfonamides is 1. The lowest BCUT2D eigenvalue weighted by molar-refractivity contribution is 0.0955. The van der Waals surface area contributed by atoms with Gasteiger partial charge in [-0.3, -0.25) is 9.10 Å². The highest BCUT2D eigenvalue weighted by molar-refractivity contribution is 7.92. The number of benzene rings is 3. The minimum absolute atomic E-state index is 0.148. The third-order valence-corrected chi connectivity index (χ3v) is 7.95. The normalized spacial score (nSPS) is 11.6. The molecule has 0 bridgehead atoms. The van der Waals surface area contributed by atoms with Crippen molar-refractivity contribution in [1.29, 1.82) is 0 Å². The first-order chi connectivity index (χ1) is 18.1. The monoisotopic (exact) mass is 568 g/mol. The molecule has 0 aliphatic rings. The van der Waals surface area contributed by atoms with Crippen LogP contribution in [0.5, 0.6) is 0 Å². The number of anilines is 1. The second kappa shape index (κ2) is 11.4. The molecule has 196 valence electrons. The number of aromatic nitrogens is 1. The van der Waals surface area contributed by atoms with Gasteiger partial charge in [0.15, 0.2) is 0 Å². The molecule has 0 saturated heterocycles. The van der Waals surface area contributed by atoms with Gasteiger partial charge in [0.1, 0.15) is 0 Å². The summed E-state index contributed by atoms with van der Waals surface area (Å²) < 4.78 is 28.0. The van der Waals surface area contributed by atoms with Crippen LogP contribution in [-0.4, -0.2) is 31.4 Å². The topological polar surface area (TPSA) is 83.8 Å². The van der Waals surface area contributed by atoms with Crippen LogP contribution in [0.2, 0.25) is 10.0 Å². The van der Waals surface area contributed by atoms with Crippen LogP contribution in [0.25, 0.3) is 5.69 Å². The molecule has 7 nitrogen and oxygen atoms in total. The van der Waals surface area contributed by atoms with Crippen LogP contribution in [0.15, 0.2) is 84.0 Å². The molecular weight excluding hydrogens is 543 g/mol. The van der Waals surface area contributed by atoms with Gasteiger partial charge in [-0.15, -0.1) is 0 Å². The summed E-state index contributed by atoms with van der Waals surface area (Å²) in [7, 11) is -3.49. The van der Waals surface area contributed by atoms with Crippen LogP contribution < -0.4 is 9.73 Å². The molecule has 4 rings (SSSR count). The Morgan fingerprint density at radius 3 is 2.34 bits per heavy atom. The Morgan fingerprint density at radius 2 is 1.68 bits per heavy atom. The van der Waals surface area contributed by atoms with E-state index in [4.69, 9.17) is 23.2 Å². The smallest absolute Gasteiger partial charge is 0.271 e. The zero-order chi connectivity index (χ0) is 27.4. The molecule has 0 unspecified atom stereocenters. The number of hydrogen-bond acceptors (Lipinski definition) is 4. The van der Waals surface area contributed by atoms with Crippen molar-refractivity contribution in [2.75, 3.05) is 10.6 Å². The fourth-order valence-corrected chi connectivity index (χ4v) is 5.37. The maximum Gasteiger partial charge on any atom is 0.271 e. The highest BCUT2D eigenvalue weighted by Gasteiger charge is 2.18. The molecule has 38 heavy (non-hydrogen) atoms. The average Bonchev–Trinajstić information content (AvgIpc) is 3.17. The van der Waals surface area contributed by atoms with E-state index >= 15 is 0 Å². The number of nitrogens with zero attached hydrogens (tertiary/aromatic N) is 3. The molecule has 0 aliphatic carbocycles. The van der Waals surface area contributed by atoms with Crippen molar-refractivity contribution in [3.63, 3.8) is 0 Å². The number of nitrogens with one attached hydrogen (secondary N) is 1. The number of rotatable bonds is 8. The Kier molecular flexibility index (Phi) is 8.26. The largest absolute Gasteiger partial charge is 0.316 e. The molecule has 1 aromatic heterocycles. The zero-order valence-corrected chi connectivity index (χ0v) is 23.3. The summed E-state index contributed by atoms with van der Waals surface area (Å²) in [6.07, 6.45) is 2.74.